The number of alkyl halides is 1. The summed E-state index contributed by atoms with van der Waals surface area (Å²) in [7, 11) is 0. The Hall–Kier alpha value is -1.50. The van der Waals surface area contributed by atoms with Crippen LogP contribution in [0.3, 0.4) is 0 Å². The van der Waals surface area contributed by atoms with Crippen LogP contribution in [0.5, 0.6) is 0 Å². The van der Waals surface area contributed by atoms with Gasteiger partial charge in [-0.2, -0.15) is 0 Å². The Morgan fingerprint density at radius 2 is 2.16 bits per heavy atom. The Morgan fingerprint density at radius 3 is 2.63 bits per heavy atom. The van der Waals surface area contributed by atoms with Gasteiger partial charge in [0.1, 0.15) is 5.82 Å². The summed E-state index contributed by atoms with van der Waals surface area (Å²) < 4.78 is 13.6. The van der Waals surface area contributed by atoms with E-state index in [9.17, 15) is 19.3 Å². The van der Waals surface area contributed by atoms with Gasteiger partial charge >= 0.3 is 0 Å². The Morgan fingerprint density at radius 1 is 1.53 bits per heavy atom. The van der Waals surface area contributed by atoms with Crippen molar-refractivity contribution in [1.29, 1.82) is 0 Å². The van der Waals surface area contributed by atoms with E-state index in [0.29, 0.717) is 11.9 Å². The molecule has 1 rings (SSSR count). The predicted octanol–water partition coefficient (Wildman–Crippen LogP) is 2.88. The average Bonchev–Trinajstić information content (AvgIpc) is 2.36. The van der Waals surface area contributed by atoms with E-state index in [-0.39, 0.29) is 16.7 Å². The molecule has 1 aromatic carbocycles. The van der Waals surface area contributed by atoms with Crippen LogP contribution in [-0.2, 0) is 0 Å². The van der Waals surface area contributed by atoms with Gasteiger partial charge in [0.25, 0.3) is 11.6 Å². The fraction of sp³-hybridized carbons (Fsp3) is 0.417. The van der Waals surface area contributed by atoms with Gasteiger partial charge in [-0.3, -0.25) is 14.9 Å². The molecule has 0 aliphatic carbocycles. The third-order valence-electron chi connectivity index (χ3n) is 2.50. The first kappa shape index (κ1) is 15.6. The van der Waals surface area contributed by atoms with E-state index in [4.69, 9.17) is 0 Å². The molecule has 0 radical (unpaired) electrons. The number of carbonyl (C=O) groups is 1. The number of rotatable bonds is 5. The molecule has 0 fully saturated rings. The molecule has 5 nitrogen and oxygen atoms in total. The standard InChI is InChI=1S/C12H14BrFN2O3/c1-12(2,6-13)7-15-11(17)9-4-3-8(16(18)19)5-10(9)14/h3-5H,6-7H2,1-2H3,(H,15,17). The minimum atomic E-state index is -0.900. The number of nitro benzene ring substituents is 1. The van der Waals surface area contributed by atoms with E-state index in [2.05, 4.69) is 21.2 Å². The van der Waals surface area contributed by atoms with Crippen molar-refractivity contribution < 1.29 is 14.1 Å². The van der Waals surface area contributed by atoms with Crippen LogP contribution in [0, 0.1) is 21.3 Å². The molecular formula is C12H14BrFN2O3. The third kappa shape index (κ3) is 4.27. The summed E-state index contributed by atoms with van der Waals surface area (Å²) in [5.74, 6) is -1.48. The normalized spacial score (nSPS) is 11.2. The van der Waals surface area contributed by atoms with Crippen molar-refractivity contribution in [3.05, 3.63) is 39.7 Å². The van der Waals surface area contributed by atoms with E-state index in [1.165, 1.54) is 0 Å². The molecule has 7 heteroatoms. The Balaban J connectivity index is 2.81. The number of carbonyl (C=O) groups excluding carboxylic acids is 1. The van der Waals surface area contributed by atoms with Gasteiger partial charge in [-0.1, -0.05) is 29.8 Å². The molecule has 1 N–H and O–H groups in total. The first-order valence-corrected chi connectivity index (χ1v) is 6.67. The predicted molar refractivity (Wildman–Crippen MR) is 73.0 cm³/mol. The molecule has 0 atom stereocenters. The number of halogens is 2. The number of hydrogen-bond donors (Lipinski definition) is 1. The highest BCUT2D eigenvalue weighted by molar-refractivity contribution is 9.09. The van der Waals surface area contributed by atoms with Gasteiger partial charge in [-0.25, -0.2) is 4.39 Å². The summed E-state index contributed by atoms with van der Waals surface area (Å²) in [5.41, 5.74) is -0.738. The molecule has 1 aromatic rings. The molecule has 0 unspecified atom stereocenters. The van der Waals surface area contributed by atoms with Crippen molar-refractivity contribution in [2.75, 3.05) is 11.9 Å². The van der Waals surface area contributed by atoms with E-state index in [1.54, 1.807) is 0 Å². The summed E-state index contributed by atoms with van der Waals surface area (Å²) in [6.07, 6.45) is 0. The number of nitrogens with zero attached hydrogens (tertiary/aromatic N) is 1. The molecule has 0 saturated heterocycles. The van der Waals surface area contributed by atoms with E-state index in [1.807, 2.05) is 13.8 Å². The molecule has 104 valence electrons. The third-order valence-corrected chi connectivity index (χ3v) is 4.02. The van der Waals surface area contributed by atoms with Crippen LogP contribution in [0.15, 0.2) is 18.2 Å². The first-order valence-electron chi connectivity index (χ1n) is 5.55. The SMILES string of the molecule is CC(C)(CBr)CNC(=O)c1ccc([N+](=O)[O-])cc1F. The summed E-state index contributed by atoms with van der Waals surface area (Å²) in [6.45, 7) is 4.25. The maximum atomic E-state index is 13.6. The smallest absolute Gasteiger partial charge is 0.272 e. The number of nitro groups is 1. The molecule has 0 spiro atoms. The van der Waals surface area contributed by atoms with Gasteiger partial charge in [-0.15, -0.1) is 0 Å². The molecule has 1 amide bonds. The number of nitrogens with one attached hydrogen (secondary N) is 1. The lowest BCUT2D eigenvalue weighted by atomic mass is 9.97. The van der Waals surface area contributed by atoms with Crippen LogP contribution in [-0.4, -0.2) is 22.7 Å². The topological polar surface area (TPSA) is 72.2 Å². The highest BCUT2D eigenvalue weighted by atomic mass is 79.9. The van der Waals surface area contributed by atoms with Crippen molar-refractivity contribution in [2.45, 2.75) is 13.8 Å². The second kappa shape index (κ2) is 6.10. The molecular weight excluding hydrogens is 319 g/mol. The Bertz CT molecular complexity index is 506. The second-order valence-electron chi connectivity index (χ2n) is 4.90. The van der Waals surface area contributed by atoms with E-state index in [0.717, 1.165) is 18.2 Å². The van der Waals surface area contributed by atoms with Crippen LogP contribution in [0.25, 0.3) is 0 Å². The fourth-order valence-corrected chi connectivity index (χ4v) is 1.46. The number of non-ortho nitro benzene ring substituents is 1. The zero-order valence-electron chi connectivity index (χ0n) is 10.6. The summed E-state index contributed by atoms with van der Waals surface area (Å²) in [6, 6.07) is 2.96. The molecule has 0 aromatic heterocycles. The van der Waals surface area contributed by atoms with Gasteiger partial charge in [-0.05, 0) is 11.5 Å². The lowest BCUT2D eigenvalue weighted by molar-refractivity contribution is -0.385. The van der Waals surface area contributed by atoms with Crippen LogP contribution in [0.2, 0.25) is 0 Å². The number of amides is 1. The molecule has 0 saturated carbocycles. The minimum Gasteiger partial charge on any atom is -0.351 e. The van der Waals surface area contributed by atoms with Crippen molar-refractivity contribution in [3.63, 3.8) is 0 Å². The zero-order valence-corrected chi connectivity index (χ0v) is 12.2. The molecule has 0 bridgehead atoms. The van der Waals surface area contributed by atoms with E-state index < -0.39 is 16.6 Å². The van der Waals surface area contributed by atoms with Crippen LogP contribution < -0.4 is 5.32 Å². The maximum Gasteiger partial charge on any atom is 0.272 e. The zero-order chi connectivity index (χ0) is 14.6. The first-order chi connectivity index (χ1) is 8.76. The monoisotopic (exact) mass is 332 g/mol. The second-order valence-corrected chi connectivity index (χ2v) is 5.46. The fourth-order valence-electron chi connectivity index (χ4n) is 1.26. The molecule has 0 heterocycles. The minimum absolute atomic E-state index is 0.160. The molecule has 0 aliphatic rings. The quantitative estimate of drug-likeness (QED) is 0.512. The van der Waals surface area contributed by atoms with Gasteiger partial charge in [0.15, 0.2) is 0 Å². The summed E-state index contributed by atoms with van der Waals surface area (Å²) >= 11 is 3.32. The lowest BCUT2D eigenvalue weighted by Crippen LogP contribution is -2.35. The Kier molecular flexibility index (Phi) is 4.99. The molecule has 0 aliphatic heterocycles. The largest absolute Gasteiger partial charge is 0.351 e. The van der Waals surface area contributed by atoms with Crippen LogP contribution in [0.4, 0.5) is 10.1 Å². The highest BCUT2D eigenvalue weighted by Gasteiger charge is 2.20. The highest BCUT2D eigenvalue weighted by Crippen LogP contribution is 2.18. The van der Waals surface area contributed by atoms with Crippen LogP contribution in [0.1, 0.15) is 24.2 Å². The van der Waals surface area contributed by atoms with Gasteiger partial charge < -0.3 is 5.32 Å². The van der Waals surface area contributed by atoms with Crippen LogP contribution >= 0.6 is 15.9 Å². The maximum absolute atomic E-state index is 13.6. The van der Waals surface area contributed by atoms with Gasteiger partial charge in [0, 0.05) is 17.9 Å². The number of benzene rings is 1. The van der Waals surface area contributed by atoms with Crippen molar-refractivity contribution in [1.82, 2.24) is 5.32 Å². The van der Waals surface area contributed by atoms with Crippen molar-refractivity contribution in [3.8, 4) is 0 Å². The number of hydrogen-bond acceptors (Lipinski definition) is 3. The summed E-state index contributed by atoms with van der Waals surface area (Å²) in [5, 5.41) is 13.7. The average molecular weight is 333 g/mol. The summed E-state index contributed by atoms with van der Waals surface area (Å²) in [4.78, 5) is 21.5. The van der Waals surface area contributed by atoms with E-state index >= 15 is 0 Å². The Labute approximate surface area is 118 Å². The lowest BCUT2D eigenvalue weighted by Gasteiger charge is -2.21. The van der Waals surface area contributed by atoms with Gasteiger partial charge in [0.05, 0.1) is 16.6 Å². The van der Waals surface area contributed by atoms with Crippen molar-refractivity contribution >= 4 is 27.5 Å². The van der Waals surface area contributed by atoms with Crippen molar-refractivity contribution in [2.24, 2.45) is 5.41 Å². The van der Waals surface area contributed by atoms with Gasteiger partial charge in [0.2, 0.25) is 0 Å². The molecule has 19 heavy (non-hydrogen) atoms.